The number of aliphatic imine (C=N–C) groups is 1. The van der Waals surface area contributed by atoms with Gasteiger partial charge in [-0.3, -0.25) is 9.56 Å². The number of nitrogens with zero attached hydrogens (tertiary/aromatic N) is 4. The van der Waals surface area contributed by atoms with E-state index in [4.69, 9.17) is 0 Å². The molecule has 0 saturated carbocycles. The first-order valence-electron chi connectivity index (χ1n) is 7.15. The molecule has 1 aliphatic rings. The van der Waals surface area contributed by atoms with Gasteiger partial charge < -0.3 is 0 Å². The van der Waals surface area contributed by atoms with E-state index in [1.165, 1.54) is 18.2 Å². The summed E-state index contributed by atoms with van der Waals surface area (Å²) < 4.78 is 29.9. The lowest BCUT2D eigenvalue weighted by molar-refractivity contribution is 0.623. The van der Waals surface area contributed by atoms with E-state index in [9.17, 15) is 8.78 Å². The quantitative estimate of drug-likeness (QED) is 0.693. The average Bonchev–Trinajstić information content (AvgIpc) is 2.82. The highest BCUT2D eigenvalue weighted by molar-refractivity contribution is 6.15. The standard InChI is InChI=1S/C17H12F2N4/c1-10-21-22-16-9-20-17(12-4-2-3-5-14(12)19)13-8-11(18)6-7-15(13)23(10)16/h2-8H,9H2,1H3. The summed E-state index contributed by atoms with van der Waals surface area (Å²) in [5.74, 6) is 0.525. The van der Waals surface area contributed by atoms with Gasteiger partial charge in [0.05, 0.1) is 11.4 Å². The van der Waals surface area contributed by atoms with Crippen molar-refractivity contribution < 1.29 is 8.78 Å². The number of fused-ring (bicyclic) bond motifs is 3. The maximum atomic E-state index is 14.2. The molecule has 0 bridgehead atoms. The number of rotatable bonds is 1. The summed E-state index contributed by atoms with van der Waals surface area (Å²) in [4.78, 5) is 4.48. The zero-order valence-electron chi connectivity index (χ0n) is 12.3. The van der Waals surface area contributed by atoms with Gasteiger partial charge in [-0.05, 0) is 37.3 Å². The highest BCUT2D eigenvalue weighted by atomic mass is 19.1. The second kappa shape index (κ2) is 5.08. The van der Waals surface area contributed by atoms with Gasteiger partial charge in [0, 0.05) is 11.1 Å². The van der Waals surface area contributed by atoms with Crippen LogP contribution in [-0.4, -0.2) is 20.5 Å². The zero-order chi connectivity index (χ0) is 16.0. The van der Waals surface area contributed by atoms with Crippen LogP contribution in [0.15, 0.2) is 47.5 Å². The molecule has 0 unspecified atom stereocenters. The predicted octanol–water partition coefficient (Wildman–Crippen LogP) is 3.20. The second-order valence-electron chi connectivity index (χ2n) is 5.31. The first-order valence-corrected chi connectivity index (χ1v) is 7.15. The van der Waals surface area contributed by atoms with Crippen LogP contribution >= 0.6 is 0 Å². The van der Waals surface area contributed by atoms with Crippen molar-refractivity contribution in [2.24, 2.45) is 4.99 Å². The highest BCUT2D eigenvalue weighted by Gasteiger charge is 2.23. The van der Waals surface area contributed by atoms with Gasteiger partial charge in [-0.1, -0.05) is 12.1 Å². The summed E-state index contributed by atoms with van der Waals surface area (Å²) in [7, 11) is 0. The van der Waals surface area contributed by atoms with E-state index in [1.54, 1.807) is 24.3 Å². The topological polar surface area (TPSA) is 43.1 Å². The van der Waals surface area contributed by atoms with Crippen molar-refractivity contribution in [1.29, 1.82) is 0 Å². The fourth-order valence-corrected chi connectivity index (χ4v) is 2.83. The van der Waals surface area contributed by atoms with Crippen LogP contribution in [0.25, 0.3) is 5.69 Å². The molecule has 0 aliphatic carbocycles. The van der Waals surface area contributed by atoms with Crippen LogP contribution in [-0.2, 0) is 6.54 Å². The van der Waals surface area contributed by atoms with Crippen LogP contribution in [0.4, 0.5) is 8.78 Å². The molecule has 0 N–H and O–H groups in total. The molecule has 6 heteroatoms. The van der Waals surface area contributed by atoms with Crippen molar-refractivity contribution in [3.8, 4) is 5.69 Å². The molecule has 0 atom stereocenters. The minimum absolute atomic E-state index is 0.251. The Morgan fingerprint density at radius 3 is 2.65 bits per heavy atom. The Labute approximate surface area is 131 Å². The summed E-state index contributed by atoms with van der Waals surface area (Å²) in [6, 6.07) is 10.7. The molecule has 1 aliphatic heterocycles. The number of hydrogen-bond donors (Lipinski definition) is 0. The molecular formula is C17H12F2N4. The van der Waals surface area contributed by atoms with Crippen molar-refractivity contribution in [2.45, 2.75) is 13.5 Å². The summed E-state index contributed by atoms with van der Waals surface area (Å²) in [5, 5.41) is 8.16. The molecule has 2 heterocycles. The Bertz CT molecular complexity index is 944. The van der Waals surface area contributed by atoms with Crippen LogP contribution in [0.1, 0.15) is 22.8 Å². The zero-order valence-corrected chi connectivity index (χ0v) is 12.3. The van der Waals surface area contributed by atoms with E-state index in [-0.39, 0.29) is 6.54 Å². The van der Waals surface area contributed by atoms with Gasteiger partial charge in [0.2, 0.25) is 0 Å². The van der Waals surface area contributed by atoms with Gasteiger partial charge in [-0.25, -0.2) is 8.78 Å². The van der Waals surface area contributed by atoms with Gasteiger partial charge in [0.15, 0.2) is 5.82 Å². The lowest BCUT2D eigenvalue weighted by Gasteiger charge is -2.13. The lowest BCUT2D eigenvalue weighted by Crippen LogP contribution is -2.10. The monoisotopic (exact) mass is 310 g/mol. The first kappa shape index (κ1) is 13.8. The van der Waals surface area contributed by atoms with Crippen LogP contribution in [0.3, 0.4) is 0 Å². The van der Waals surface area contributed by atoms with E-state index >= 15 is 0 Å². The molecule has 0 radical (unpaired) electrons. The SMILES string of the molecule is Cc1nnc2n1-c1ccc(F)cc1C(c1ccccc1F)=NC2. The van der Waals surface area contributed by atoms with Crippen molar-refractivity contribution in [1.82, 2.24) is 14.8 Å². The maximum Gasteiger partial charge on any atom is 0.159 e. The maximum absolute atomic E-state index is 14.2. The van der Waals surface area contributed by atoms with E-state index in [0.717, 1.165) is 0 Å². The second-order valence-corrected chi connectivity index (χ2v) is 5.31. The van der Waals surface area contributed by atoms with Crippen molar-refractivity contribution in [2.75, 3.05) is 0 Å². The average molecular weight is 310 g/mol. The van der Waals surface area contributed by atoms with Crippen molar-refractivity contribution in [3.05, 3.63) is 76.9 Å². The molecule has 4 rings (SSSR count). The molecule has 0 spiro atoms. The Morgan fingerprint density at radius 2 is 1.83 bits per heavy atom. The number of aromatic nitrogens is 3. The number of hydrogen-bond acceptors (Lipinski definition) is 3. The molecule has 0 amide bonds. The highest BCUT2D eigenvalue weighted by Crippen LogP contribution is 2.27. The summed E-state index contributed by atoms with van der Waals surface area (Å²) in [5.41, 5.74) is 1.98. The first-order chi connectivity index (χ1) is 11.1. The normalized spacial score (nSPS) is 13.1. The van der Waals surface area contributed by atoms with E-state index in [2.05, 4.69) is 15.2 Å². The fourth-order valence-electron chi connectivity index (χ4n) is 2.83. The number of benzene rings is 2. The molecule has 1 aromatic heterocycles. The Morgan fingerprint density at radius 1 is 1.00 bits per heavy atom. The number of halogens is 2. The smallest absolute Gasteiger partial charge is 0.159 e. The van der Waals surface area contributed by atoms with E-state index in [0.29, 0.717) is 34.2 Å². The van der Waals surface area contributed by atoms with Gasteiger partial charge in [-0.2, -0.15) is 0 Å². The Kier molecular flexibility index (Phi) is 3.04. The Hall–Kier alpha value is -2.89. The molecule has 0 fully saturated rings. The van der Waals surface area contributed by atoms with Gasteiger partial charge >= 0.3 is 0 Å². The molecule has 23 heavy (non-hydrogen) atoms. The van der Waals surface area contributed by atoms with E-state index < -0.39 is 11.6 Å². The predicted molar refractivity (Wildman–Crippen MR) is 81.8 cm³/mol. The fraction of sp³-hybridized carbons (Fsp3) is 0.118. The van der Waals surface area contributed by atoms with Crippen LogP contribution in [0.2, 0.25) is 0 Å². The number of aryl methyl sites for hydroxylation is 1. The van der Waals surface area contributed by atoms with Gasteiger partial charge in [0.1, 0.15) is 24.0 Å². The third-order valence-electron chi connectivity index (χ3n) is 3.85. The molecular weight excluding hydrogens is 298 g/mol. The summed E-state index contributed by atoms with van der Waals surface area (Å²) in [6.45, 7) is 2.07. The molecule has 4 nitrogen and oxygen atoms in total. The molecule has 0 saturated heterocycles. The van der Waals surface area contributed by atoms with Crippen LogP contribution in [0, 0.1) is 18.6 Å². The molecule has 114 valence electrons. The minimum atomic E-state index is -0.401. The molecule has 2 aromatic carbocycles. The van der Waals surface area contributed by atoms with E-state index in [1.807, 2.05) is 11.5 Å². The van der Waals surface area contributed by atoms with Crippen molar-refractivity contribution in [3.63, 3.8) is 0 Å². The summed E-state index contributed by atoms with van der Waals surface area (Å²) >= 11 is 0. The minimum Gasteiger partial charge on any atom is -0.281 e. The molecule has 3 aromatic rings. The lowest BCUT2D eigenvalue weighted by atomic mass is 10.00. The van der Waals surface area contributed by atoms with Crippen LogP contribution < -0.4 is 0 Å². The van der Waals surface area contributed by atoms with Gasteiger partial charge in [0.25, 0.3) is 0 Å². The third kappa shape index (κ3) is 2.14. The summed E-state index contributed by atoms with van der Waals surface area (Å²) in [6.07, 6.45) is 0. The largest absolute Gasteiger partial charge is 0.281 e. The van der Waals surface area contributed by atoms with Crippen molar-refractivity contribution >= 4 is 5.71 Å². The third-order valence-corrected chi connectivity index (χ3v) is 3.85. The van der Waals surface area contributed by atoms with Gasteiger partial charge in [-0.15, -0.1) is 10.2 Å². The van der Waals surface area contributed by atoms with Crippen LogP contribution in [0.5, 0.6) is 0 Å². The Balaban J connectivity index is 2.03.